The van der Waals surface area contributed by atoms with Gasteiger partial charge in [0.25, 0.3) is 0 Å². The fourth-order valence-corrected chi connectivity index (χ4v) is 2.17. The third-order valence-electron chi connectivity index (χ3n) is 3.53. The molecule has 1 heterocycles. The topological polar surface area (TPSA) is 61.8 Å². The normalized spacial score (nSPS) is 19.2. The minimum atomic E-state index is -0.181. The first-order valence-corrected chi connectivity index (χ1v) is 6.26. The zero-order chi connectivity index (χ0) is 12.0. The summed E-state index contributed by atoms with van der Waals surface area (Å²) in [6, 6.07) is 0. The van der Waals surface area contributed by atoms with E-state index in [0.29, 0.717) is 5.84 Å². The van der Waals surface area contributed by atoms with E-state index < -0.39 is 0 Å². The molecule has 0 bridgehead atoms. The molecular formula is C12H25N3O. The first-order chi connectivity index (χ1) is 7.56. The molecule has 0 aromatic carbocycles. The highest BCUT2D eigenvalue weighted by Gasteiger charge is 2.23. The Bertz CT molecular complexity index is 232. The Labute approximate surface area is 98.5 Å². The van der Waals surface area contributed by atoms with Crippen molar-refractivity contribution in [1.82, 2.24) is 4.90 Å². The fraction of sp³-hybridized carbons (Fsp3) is 0.917. The van der Waals surface area contributed by atoms with E-state index in [-0.39, 0.29) is 5.41 Å². The van der Waals surface area contributed by atoms with Crippen LogP contribution >= 0.6 is 0 Å². The molecule has 4 nitrogen and oxygen atoms in total. The Kier molecular flexibility index (Phi) is 5.06. The van der Waals surface area contributed by atoms with Crippen molar-refractivity contribution in [3.63, 3.8) is 0 Å². The van der Waals surface area contributed by atoms with Gasteiger partial charge in [0.15, 0.2) is 0 Å². The number of amidine groups is 1. The van der Waals surface area contributed by atoms with Gasteiger partial charge in [-0.15, -0.1) is 0 Å². The molecule has 1 rings (SSSR count). The number of nitrogens with two attached hydrogens (primary N) is 1. The van der Waals surface area contributed by atoms with Crippen molar-refractivity contribution in [2.24, 2.45) is 16.3 Å². The maximum absolute atomic E-state index is 8.65. The summed E-state index contributed by atoms with van der Waals surface area (Å²) in [4.78, 5) is 2.52. The van der Waals surface area contributed by atoms with E-state index >= 15 is 0 Å². The van der Waals surface area contributed by atoms with Gasteiger partial charge in [0.2, 0.25) is 0 Å². The lowest BCUT2D eigenvalue weighted by atomic mass is 9.86. The molecule has 0 spiro atoms. The van der Waals surface area contributed by atoms with Gasteiger partial charge in [0, 0.05) is 5.41 Å². The lowest BCUT2D eigenvalue weighted by Gasteiger charge is -2.23. The molecule has 94 valence electrons. The zero-order valence-corrected chi connectivity index (χ0v) is 10.6. The second kappa shape index (κ2) is 6.09. The maximum atomic E-state index is 8.65. The Hall–Kier alpha value is -0.770. The van der Waals surface area contributed by atoms with Crippen LogP contribution in [0.15, 0.2) is 5.16 Å². The Morgan fingerprint density at radius 2 is 1.94 bits per heavy atom. The van der Waals surface area contributed by atoms with Crippen LogP contribution in [0.4, 0.5) is 0 Å². The molecule has 0 unspecified atom stereocenters. The molecule has 1 aliphatic heterocycles. The molecular weight excluding hydrogens is 202 g/mol. The van der Waals surface area contributed by atoms with Crippen molar-refractivity contribution in [2.75, 3.05) is 19.6 Å². The predicted octanol–water partition coefficient (Wildman–Crippen LogP) is 2.03. The first kappa shape index (κ1) is 13.3. The van der Waals surface area contributed by atoms with E-state index in [2.05, 4.69) is 10.1 Å². The lowest BCUT2D eigenvalue weighted by Crippen LogP contribution is -2.32. The third kappa shape index (κ3) is 4.00. The summed E-state index contributed by atoms with van der Waals surface area (Å²) >= 11 is 0. The summed E-state index contributed by atoms with van der Waals surface area (Å²) < 4.78 is 0. The molecule has 0 atom stereocenters. The van der Waals surface area contributed by atoms with Crippen LogP contribution in [-0.2, 0) is 0 Å². The number of oxime groups is 1. The number of likely N-dealkylation sites (tertiary alicyclic amines) is 1. The third-order valence-corrected chi connectivity index (χ3v) is 3.53. The molecule has 1 fully saturated rings. The molecule has 0 aliphatic carbocycles. The molecule has 0 aromatic rings. The average molecular weight is 227 g/mol. The van der Waals surface area contributed by atoms with Gasteiger partial charge in [-0.25, -0.2) is 0 Å². The molecule has 4 heteroatoms. The van der Waals surface area contributed by atoms with Crippen molar-refractivity contribution < 1.29 is 5.21 Å². The van der Waals surface area contributed by atoms with Crippen molar-refractivity contribution in [2.45, 2.75) is 46.0 Å². The van der Waals surface area contributed by atoms with Crippen LogP contribution in [0.25, 0.3) is 0 Å². The van der Waals surface area contributed by atoms with Gasteiger partial charge in [-0.05, 0) is 45.3 Å². The number of hydrogen-bond donors (Lipinski definition) is 2. The van der Waals surface area contributed by atoms with Crippen LogP contribution in [0.5, 0.6) is 0 Å². The fourth-order valence-electron chi connectivity index (χ4n) is 2.17. The Balaban J connectivity index is 2.14. The smallest absolute Gasteiger partial charge is 0.144 e. The first-order valence-electron chi connectivity index (χ1n) is 6.26. The van der Waals surface area contributed by atoms with E-state index in [1.165, 1.54) is 38.9 Å². The van der Waals surface area contributed by atoms with Gasteiger partial charge in [0.05, 0.1) is 0 Å². The van der Waals surface area contributed by atoms with E-state index in [1.807, 2.05) is 13.8 Å². The quantitative estimate of drug-likeness (QED) is 0.240. The molecule has 1 aliphatic rings. The highest BCUT2D eigenvalue weighted by atomic mass is 16.4. The number of unbranched alkanes of at least 4 members (excludes halogenated alkanes) is 1. The highest BCUT2D eigenvalue weighted by molar-refractivity contribution is 5.85. The second-order valence-corrected chi connectivity index (χ2v) is 5.37. The van der Waals surface area contributed by atoms with E-state index in [9.17, 15) is 0 Å². The summed E-state index contributed by atoms with van der Waals surface area (Å²) in [7, 11) is 0. The van der Waals surface area contributed by atoms with Gasteiger partial charge in [-0.2, -0.15) is 0 Å². The van der Waals surface area contributed by atoms with Gasteiger partial charge < -0.3 is 15.8 Å². The summed E-state index contributed by atoms with van der Waals surface area (Å²) in [5.74, 6) is 0.341. The van der Waals surface area contributed by atoms with Crippen LogP contribution in [0.2, 0.25) is 0 Å². The summed E-state index contributed by atoms with van der Waals surface area (Å²) in [5.41, 5.74) is 5.46. The lowest BCUT2D eigenvalue weighted by molar-refractivity contribution is 0.298. The van der Waals surface area contributed by atoms with Crippen molar-refractivity contribution >= 4 is 5.84 Å². The Morgan fingerprint density at radius 3 is 2.50 bits per heavy atom. The molecule has 0 saturated carbocycles. The molecule has 0 amide bonds. The van der Waals surface area contributed by atoms with Crippen molar-refractivity contribution in [3.05, 3.63) is 0 Å². The second-order valence-electron chi connectivity index (χ2n) is 5.37. The van der Waals surface area contributed by atoms with Gasteiger partial charge in [0.1, 0.15) is 5.84 Å². The average Bonchev–Trinajstić information content (AvgIpc) is 2.76. The monoisotopic (exact) mass is 227 g/mol. The van der Waals surface area contributed by atoms with Gasteiger partial charge in [-0.1, -0.05) is 25.4 Å². The number of nitrogens with zero attached hydrogens (tertiary/aromatic N) is 2. The number of hydrogen-bond acceptors (Lipinski definition) is 3. The summed E-state index contributed by atoms with van der Waals surface area (Å²) in [5, 5.41) is 11.8. The van der Waals surface area contributed by atoms with Gasteiger partial charge >= 0.3 is 0 Å². The van der Waals surface area contributed by atoms with E-state index in [1.54, 1.807) is 0 Å². The van der Waals surface area contributed by atoms with Crippen LogP contribution in [-0.4, -0.2) is 35.6 Å². The minimum absolute atomic E-state index is 0.181. The van der Waals surface area contributed by atoms with Crippen molar-refractivity contribution in [3.8, 4) is 0 Å². The van der Waals surface area contributed by atoms with Crippen LogP contribution in [0.1, 0.15) is 46.0 Å². The number of rotatable bonds is 6. The SMILES string of the molecule is CC(C)(CCCCN1CCCC1)C(N)=NO. The predicted molar refractivity (Wildman–Crippen MR) is 66.7 cm³/mol. The van der Waals surface area contributed by atoms with Crippen LogP contribution in [0.3, 0.4) is 0 Å². The minimum Gasteiger partial charge on any atom is -0.409 e. The van der Waals surface area contributed by atoms with E-state index in [0.717, 1.165) is 12.8 Å². The highest BCUT2D eigenvalue weighted by Crippen LogP contribution is 2.23. The molecule has 3 N–H and O–H groups in total. The summed E-state index contributed by atoms with van der Waals surface area (Å²) in [6.07, 6.45) is 6.05. The Morgan fingerprint density at radius 1 is 1.31 bits per heavy atom. The van der Waals surface area contributed by atoms with Crippen LogP contribution in [0, 0.1) is 5.41 Å². The van der Waals surface area contributed by atoms with Gasteiger partial charge in [-0.3, -0.25) is 0 Å². The van der Waals surface area contributed by atoms with Crippen LogP contribution < -0.4 is 5.73 Å². The molecule has 0 radical (unpaired) electrons. The largest absolute Gasteiger partial charge is 0.409 e. The molecule has 0 aromatic heterocycles. The standard InChI is InChI=1S/C12H25N3O/c1-12(2,11(13)14-16)7-3-4-8-15-9-5-6-10-15/h16H,3-10H2,1-2H3,(H2,13,14). The maximum Gasteiger partial charge on any atom is 0.144 e. The molecule has 16 heavy (non-hydrogen) atoms. The van der Waals surface area contributed by atoms with E-state index in [4.69, 9.17) is 10.9 Å². The molecule has 1 saturated heterocycles. The van der Waals surface area contributed by atoms with Crippen molar-refractivity contribution in [1.29, 1.82) is 0 Å². The zero-order valence-electron chi connectivity index (χ0n) is 10.6. The summed E-state index contributed by atoms with van der Waals surface area (Å²) in [6.45, 7) is 7.79.